The van der Waals surface area contributed by atoms with Gasteiger partial charge in [-0.25, -0.2) is 4.99 Å². The van der Waals surface area contributed by atoms with Gasteiger partial charge in [-0.2, -0.15) is 4.89 Å². The van der Waals surface area contributed by atoms with Gasteiger partial charge in [-0.05, 0) is 31.5 Å². The fourth-order valence-corrected chi connectivity index (χ4v) is 2.77. The minimum Gasteiger partial charge on any atom is -0.302 e. The molecule has 0 spiro atoms. The van der Waals surface area contributed by atoms with Crippen molar-refractivity contribution in [1.29, 1.82) is 0 Å². The molecule has 0 aliphatic heterocycles. The van der Waals surface area contributed by atoms with Crippen molar-refractivity contribution in [2.45, 2.75) is 46.6 Å². The van der Waals surface area contributed by atoms with Gasteiger partial charge in [0.2, 0.25) is 0 Å². The summed E-state index contributed by atoms with van der Waals surface area (Å²) in [6.45, 7) is 10.9. The number of aromatic nitrogens is 3. The Morgan fingerprint density at radius 1 is 0.960 bits per heavy atom. The number of hydrogen-bond acceptors (Lipinski definition) is 3. The smallest absolute Gasteiger partial charge is 0.163 e. The van der Waals surface area contributed by atoms with Crippen molar-refractivity contribution in [3.8, 4) is 5.82 Å². The third kappa shape index (κ3) is 3.77. The highest BCUT2D eigenvalue weighted by Gasteiger charge is 2.24. The summed E-state index contributed by atoms with van der Waals surface area (Å²) < 4.78 is 2.10. The molecular formula is C20H25N3O2. The minimum absolute atomic E-state index is 0.129. The minimum atomic E-state index is -0.129. The quantitative estimate of drug-likeness (QED) is 0.518. The van der Waals surface area contributed by atoms with Gasteiger partial charge < -0.3 is 4.57 Å². The standard InChI is InChI=1S/C20H25N3O2/c1-15-11-12-16(2)22(15)19-13-18(20(3,4)5)23(21-19)25-24-14-17-9-7-6-8-10-17/h6-13H,14H2,1-5H3. The molecule has 5 heteroatoms. The first kappa shape index (κ1) is 17.3. The number of rotatable bonds is 5. The van der Waals surface area contributed by atoms with E-state index in [4.69, 9.17) is 9.88 Å². The van der Waals surface area contributed by atoms with E-state index in [0.29, 0.717) is 6.61 Å². The SMILES string of the molecule is Cc1ccc(C)n1-c1cc(C(C)(C)C)n(OOCc2ccccc2)n1. The molecular weight excluding hydrogens is 314 g/mol. The van der Waals surface area contributed by atoms with Gasteiger partial charge in [0.1, 0.15) is 6.61 Å². The molecule has 0 aliphatic rings. The molecule has 5 nitrogen and oxygen atoms in total. The van der Waals surface area contributed by atoms with Crippen LogP contribution in [0, 0.1) is 13.8 Å². The van der Waals surface area contributed by atoms with Crippen LogP contribution >= 0.6 is 0 Å². The molecule has 0 saturated heterocycles. The molecule has 25 heavy (non-hydrogen) atoms. The van der Waals surface area contributed by atoms with E-state index in [2.05, 4.69) is 56.4 Å². The number of benzene rings is 1. The summed E-state index contributed by atoms with van der Waals surface area (Å²) in [5.74, 6) is 0.827. The second kappa shape index (κ2) is 6.76. The Morgan fingerprint density at radius 3 is 2.20 bits per heavy atom. The predicted octanol–water partition coefficient (Wildman–Crippen LogP) is 4.15. The lowest BCUT2D eigenvalue weighted by Crippen LogP contribution is -2.24. The molecule has 2 aromatic heterocycles. The molecule has 0 fully saturated rings. The van der Waals surface area contributed by atoms with E-state index in [9.17, 15) is 0 Å². The molecule has 1 aromatic carbocycles. The lowest BCUT2D eigenvalue weighted by atomic mass is 9.92. The normalized spacial score (nSPS) is 11.7. The molecule has 0 saturated carbocycles. The van der Waals surface area contributed by atoms with Gasteiger partial charge in [0.15, 0.2) is 5.82 Å². The van der Waals surface area contributed by atoms with Crippen LogP contribution in [-0.2, 0) is 16.9 Å². The van der Waals surface area contributed by atoms with Gasteiger partial charge in [0.05, 0.1) is 5.69 Å². The van der Waals surface area contributed by atoms with Gasteiger partial charge in [0, 0.05) is 22.9 Å². The fraction of sp³-hybridized carbons (Fsp3) is 0.350. The first-order valence-electron chi connectivity index (χ1n) is 8.46. The van der Waals surface area contributed by atoms with Crippen LogP contribution in [0.25, 0.3) is 5.82 Å². The Bertz CT molecular complexity index is 822. The maximum absolute atomic E-state index is 5.52. The Labute approximate surface area is 148 Å². The van der Waals surface area contributed by atoms with Crippen LogP contribution in [0.5, 0.6) is 0 Å². The fourth-order valence-electron chi connectivity index (χ4n) is 2.77. The molecule has 0 radical (unpaired) electrons. The van der Waals surface area contributed by atoms with E-state index in [1.54, 1.807) is 0 Å². The van der Waals surface area contributed by atoms with Gasteiger partial charge in [-0.1, -0.05) is 55.9 Å². The summed E-state index contributed by atoms with van der Waals surface area (Å²) in [5, 5.41) is 4.60. The van der Waals surface area contributed by atoms with Crippen molar-refractivity contribution in [1.82, 2.24) is 14.5 Å². The monoisotopic (exact) mass is 339 g/mol. The van der Waals surface area contributed by atoms with Crippen LogP contribution in [0.1, 0.15) is 43.4 Å². The summed E-state index contributed by atoms with van der Waals surface area (Å²) in [6, 6.07) is 16.1. The highest BCUT2D eigenvalue weighted by atomic mass is 17.3. The summed E-state index contributed by atoms with van der Waals surface area (Å²) in [6.07, 6.45) is 0. The topological polar surface area (TPSA) is 41.2 Å². The van der Waals surface area contributed by atoms with E-state index in [-0.39, 0.29) is 5.41 Å². The third-order valence-corrected chi connectivity index (χ3v) is 4.13. The third-order valence-electron chi connectivity index (χ3n) is 4.13. The van der Waals surface area contributed by atoms with Gasteiger partial charge >= 0.3 is 0 Å². The zero-order chi connectivity index (χ0) is 18.0. The van der Waals surface area contributed by atoms with Gasteiger partial charge in [-0.15, -0.1) is 5.10 Å². The zero-order valence-electron chi connectivity index (χ0n) is 15.5. The highest BCUT2D eigenvalue weighted by Crippen LogP contribution is 2.25. The molecule has 0 atom stereocenters. The first-order valence-corrected chi connectivity index (χ1v) is 8.46. The van der Waals surface area contributed by atoms with Crippen molar-refractivity contribution in [3.63, 3.8) is 0 Å². The summed E-state index contributed by atoms with van der Waals surface area (Å²) >= 11 is 0. The van der Waals surface area contributed by atoms with Crippen LogP contribution in [0.3, 0.4) is 0 Å². The van der Waals surface area contributed by atoms with E-state index in [1.807, 2.05) is 36.4 Å². The van der Waals surface area contributed by atoms with Crippen LogP contribution in [0.4, 0.5) is 0 Å². The van der Waals surface area contributed by atoms with Gasteiger partial charge in [-0.3, -0.25) is 0 Å². The summed E-state index contributed by atoms with van der Waals surface area (Å²) in [5.41, 5.74) is 4.13. The van der Waals surface area contributed by atoms with E-state index >= 15 is 0 Å². The van der Waals surface area contributed by atoms with Crippen LogP contribution in [0.15, 0.2) is 48.5 Å². The number of nitrogens with zero attached hydrogens (tertiary/aromatic N) is 3. The van der Waals surface area contributed by atoms with Crippen molar-refractivity contribution in [2.24, 2.45) is 0 Å². The number of aryl methyl sites for hydroxylation is 2. The maximum atomic E-state index is 5.52. The highest BCUT2D eigenvalue weighted by molar-refractivity contribution is 5.34. The second-order valence-corrected chi connectivity index (χ2v) is 7.28. The molecule has 0 amide bonds. The summed E-state index contributed by atoms with van der Waals surface area (Å²) in [4.78, 5) is 12.4. The Morgan fingerprint density at radius 2 is 1.60 bits per heavy atom. The van der Waals surface area contributed by atoms with Crippen molar-refractivity contribution in [3.05, 3.63) is 71.2 Å². The van der Waals surface area contributed by atoms with E-state index in [0.717, 1.165) is 28.5 Å². The van der Waals surface area contributed by atoms with Crippen LogP contribution < -0.4 is 4.99 Å². The van der Waals surface area contributed by atoms with E-state index in [1.165, 1.54) is 4.85 Å². The lowest BCUT2D eigenvalue weighted by Gasteiger charge is -2.18. The molecule has 3 rings (SSSR count). The maximum Gasteiger partial charge on any atom is 0.163 e. The average molecular weight is 339 g/mol. The molecule has 0 bridgehead atoms. The van der Waals surface area contributed by atoms with Gasteiger partial charge in [0.25, 0.3) is 0 Å². The zero-order valence-corrected chi connectivity index (χ0v) is 15.5. The van der Waals surface area contributed by atoms with Crippen LogP contribution in [-0.4, -0.2) is 14.5 Å². The average Bonchev–Trinajstić information content (AvgIpc) is 3.11. The first-order chi connectivity index (χ1) is 11.9. The molecule has 0 aliphatic carbocycles. The van der Waals surface area contributed by atoms with Crippen LogP contribution in [0.2, 0.25) is 0 Å². The van der Waals surface area contributed by atoms with Crippen molar-refractivity contribution < 1.29 is 9.88 Å². The van der Waals surface area contributed by atoms with E-state index < -0.39 is 0 Å². The Balaban J connectivity index is 1.85. The molecule has 0 unspecified atom stereocenters. The largest absolute Gasteiger partial charge is 0.302 e. The Hall–Kier alpha value is -2.53. The molecule has 3 aromatic rings. The molecule has 0 N–H and O–H groups in total. The second-order valence-electron chi connectivity index (χ2n) is 7.28. The molecule has 2 heterocycles. The molecule has 132 valence electrons. The van der Waals surface area contributed by atoms with Crippen molar-refractivity contribution in [2.75, 3.05) is 0 Å². The number of hydrogen-bond donors (Lipinski definition) is 0. The van der Waals surface area contributed by atoms with Crippen molar-refractivity contribution >= 4 is 0 Å². The predicted molar refractivity (Wildman–Crippen MR) is 97.5 cm³/mol. The summed E-state index contributed by atoms with van der Waals surface area (Å²) in [7, 11) is 0. The Kier molecular flexibility index (Phi) is 4.68. The lowest BCUT2D eigenvalue weighted by molar-refractivity contribution is -0.312.